The number of sulfone groups is 1. The zero-order valence-corrected chi connectivity index (χ0v) is 12.7. The maximum Gasteiger partial charge on any atom is 0.220 e. The molecule has 0 aromatic heterocycles. The van der Waals surface area contributed by atoms with Gasteiger partial charge in [0.25, 0.3) is 0 Å². The fourth-order valence-electron chi connectivity index (χ4n) is 2.96. The summed E-state index contributed by atoms with van der Waals surface area (Å²) >= 11 is 0. The van der Waals surface area contributed by atoms with Gasteiger partial charge in [-0.2, -0.15) is 0 Å². The lowest BCUT2D eigenvalue weighted by Gasteiger charge is -2.26. The summed E-state index contributed by atoms with van der Waals surface area (Å²) in [5.74, 6) is 0.863. The molecule has 2 fully saturated rings. The molecule has 1 heterocycles. The van der Waals surface area contributed by atoms with Crippen LogP contribution in [0, 0.1) is 5.92 Å². The molecule has 1 aliphatic carbocycles. The molecule has 1 aliphatic heterocycles. The summed E-state index contributed by atoms with van der Waals surface area (Å²) in [5, 5.41) is 2.91. The van der Waals surface area contributed by atoms with E-state index in [1.165, 1.54) is 0 Å². The Bertz CT molecular complexity index is 424. The van der Waals surface area contributed by atoms with Crippen molar-refractivity contribution >= 4 is 15.7 Å². The first-order valence-corrected chi connectivity index (χ1v) is 9.23. The van der Waals surface area contributed by atoms with Crippen molar-refractivity contribution in [3.8, 4) is 0 Å². The SMILES string of the molecule is N[C@@H]1CCC[C@H]1CC(=O)NCCN1CCS(=O)(=O)CC1. The summed E-state index contributed by atoms with van der Waals surface area (Å²) in [6.45, 7) is 2.45. The number of hydrogen-bond donors (Lipinski definition) is 2. The quantitative estimate of drug-likeness (QED) is 0.704. The van der Waals surface area contributed by atoms with Gasteiger partial charge < -0.3 is 11.1 Å². The second-order valence-corrected chi connectivity index (χ2v) is 8.21. The summed E-state index contributed by atoms with van der Waals surface area (Å²) < 4.78 is 22.6. The predicted molar refractivity (Wildman–Crippen MR) is 78.0 cm³/mol. The van der Waals surface area contributed by atoms with E-state index in [0.29, 0.717) is 32.0 Å². The van der Waals surface area contributed by atoms with Crippen LogP contribution in [0.4, 0.5) is 0 Å². The normalized spacial score (nSPS) is 30.2. The molecule has 6 nitrogen and oxygen atoms in total. The first-order chi connectivity index (χ1) is 9.46. The maximum atomic E-state index is 11.8. The highest BCUT2D eigenvalue weighted by Gasteiger charge is 2.26. The minimum Gasteiger partial charge on any atom is -0.355 e. The van der Waals surface area contributed by atoms with Gasteiger partial charge in [-0.15, -0.1) is 0 Å². The lowest BCUT2D eigenvalue weighted by molar-refractivity contribution is -0.122. The van der Waals surface area contributed by atoms with Gasteiger partial charge in [0.1, 0.15) is 0 Å². The molecule has 0 spiro atoms. The third kappa shape index (κ3) is 4.71. The van der Waals surface area contributed by atoms with E-state index in [9.17, 15) is 13.2 Å². The molecule has 0 unspecified atom stereocenters. The Labute approximate surface area is 121 Å². The molecular formula is C13H25N3O3S. The second kappa shape index (κ2) is 6.87. The molecule has 116 valence electrons. The monoisotopic (exact) mass is 303 g/mol. The van der Waals surface area contributed by atoms with Crippen LogP contribution in [0.2, 0.25) is 0 Å². The van der Waals surface area contributed by atoms with E-state index in [4.69, 9.17) is 5.73 Å². The number of carbonyl (C=O) groups excluding carboxylic acids is 1. The average Bonchev–Trinajstić information content (AvgIpc) is 2.77. The lowest BCUT2D eigenvalue weighted by Crippen LogP contribution is -2.44. The van der Waals surface area contributed by atoms with Crippen molar-refractivity contribution in [3.63, 3.8) is 0 Å². The van der Waals surface area contributed by atoms with Crippen molar-refractivity contribution < 1.29 is 13.2 Å². The van der Waals surface area contributed by atoms with Gasteiger partial charge in [-0.25, -0.2) is 8.42 Å². The van der Waals surface area contributed by atoms with Crippen LogP contribution < -0.4 is 11.1 Å². The number of amides is 1. The van der Waals surface area contributed by atoms with Crippen molar-refractivity contribution in [2.75, 3.05) is 37.7 Å². The van der Waals surface area contributed by atoms with E-state index in [-0.39, 0.29) is 23.5 Å². The number of carbonyl (C=O) groups is 1. The summed E-state index contributed by atoms with van der Waals surface area (Å²) in [7, 11) is -2.82. The Balaban J connectivity index is 1.60. The number of rotatable bonds is 5. The Morgan fingerprint density at radius 3 is 2.55 bits per heavy atom. The average molecular weight is 303 g/mol. The van der Waals surface area contributed by atoms with E-state index in [1.54, 1.807) is 0 Å². The van der Waals surface area contributed by atoms with Gasteiger partial charge in [0.2, 0.25) is 5.91 Å². The molecule has 2 atom stereocenters. The van der Waals surface area contributed by atoms with Crippen molar-refractivity contribution in [1.82, 2.24) is 10.2 Å². The molecule has 3 N–H and O–H groups in total. The summed E-state index contributed by atoms with van der Waals surface area (Å²) in [6, 6.07) is 0.174. The number of nitrogens with one attached hydrogen (secondary N) is 1. The Hall–Kier alpha value is -0.660. The predicted octanol–water partition coefficient (Wildman–Crippen LogP) is -0.649. The van der Waals surface area contributed by atoms with Crippen LogP contribution in [0.5, 0.6) is 0 Å². The zero-order valence-electron chi connectivity index (χ0n) is 11.9. The maximum absolute atomic E-state index is 11.8. The highest BCUT2D eigenvalue weighted by atomic mass is 32.2. The van der Waals surface area contributed by atoms with Crippen LogP contribution in [-0.4, -0.2) is 63.0 Å². The number of hydrogen-bond acceptors (Lipinski definition) is 5. The van der Waals surface area contributed by atoms with Gasteiger partial charge in [-0.1, -0.05) is 6.42 Å². The fourth-order valence-corrected chi connectivity index (χ4v) is 4.23. The van der Waals surface area contributed by atoms with Gasteiger partial charge in [-0.3, -0.25) is 9.69 Å². The van der Waals surface area contributed by atoms with Gasteiger partial charge in [-0.05, 0) is 18.8 Å². The summed E-state index contributed by atoms with van der Waals surface area (Å²) in [4.78, 5) is 13.9. The number of nitrogens with two attached hydrogens (primary N) is 1. The molecule has 1 saturated carbocycles. The molecule has 1 amide bonds. The van der Waals surface area contributed by atoms with Crippen LogP contribution >= 0.6 is 0 Å². The lowest BCUT2D eigenvalue weighted by atomic mass is 10.00. The summed E-state index contributed by atoms with van der Waals surface area (Å²) in [5.41, 5.74) is 5.95. The molecule has 0 aromatic rings. The van der Waals surface area contributed by atoms with E-state index in [2.05, 4.69) is 10.2 Å². The van der Waals surface area contributed by atoms with Crippen LogP contribution in [0.15, 0.2) is 0 Å². The van der Waals surface area contributed by atoms with Crippen molar-refractivity contribution in [3.05, 3.63) is 0 Å². The van der Waals surface area contributed by atoms with Gasteiger partial charge in [0.15, 0.2) is 9.84 Å². The largest absolute Gasteiger partial charge is 0.355 e. The Kier molecular flexibility index (Phi) is 5.40. The van der Waals surface area contributed by atoms with E-state index >= 15 is 0 Å². The smallest absolute Gasteiger partial charge is 0.220 e. The third-order valence-corrected chi connectivity index (χ3v) is 5.96. The highest BCUT2D eigenvalue weighted by molar-refractivity contribution is 7.91. The number of nitrogens with zero attached hydrogens (tertiary/aromatic N) is 1. The van der Waals surface area contributed by atoms with Crippen molar-refractivity contribution in [2.24, 2.45) is 11.7 Å². The third-order valence-electron chi connectivity index (χ3n) is 4.35. The minimum absolute atomic E-state index is 0.0666. The highest BCUT2D eigenvalue weighted by Crippen LogP contribution is 2.26. The molecule has 2 rings (SSSR count). The minimum atomic E-state index is -2.82. The van der Waals surface area contributed by atoms with Crippen LogP contribution in [-0.2, 0) is 14.6 Å². The van der Waals surface area contributed by atoms with Gasteiger partial charge >= 0.3 is 0 Å². The second-order valence-electron chi connectivity index (χ2n) is 5.90. The van der Waals surface area contributed by atoms with Gasteiger partial charge in [0, 0.05) is 38.6 Å². The Morgan fingerprint density at radius 1 is 1.25 bits per heavy atom. The molecule has 20 heavy (non-hydrogen) atoms. The zero-order chi connectivity index (χ0) is 14.6. The van der Waals surface area contributed by atoms with Gasteiger partial charge in [0.05, 0.1) is 11.5 Å². The van der Waals surface area contributed by atoms with E-state index in [0.717, 1.165) is 25.8 Å². The molecule has 0 bridgehead atoms. The van der Waals surface area contributed by atoms with E-state index < -0.39 is 9.84 Å². The first kappa shape index (κ1) is 15.7. The summed E-state index contributed by atoms with van der Waals surface area (Å²) in [6.07, 6.45) is 3.73. The Morgan fingerprint density at radius 2 is 1.95 bits per heavy atom. The molecule has 0 aromatic carbocycles. The standard InChI is InChI=1S/C13H25N3O3S/c14-12-3-1-2-11(12)10-13(17)15-4-5-16-6-8-20(18,19)9-7-16/h11-12H,1-10,14H2,(H,15,17)/t11-,12+/m0/s1. The van der Waals surface area contributed by atoms with Crippen LogP contribution in [0.25, 0.3) is 0 Å². The molecule has 0 radical (unpaired) electrons. The molecule has 2 aliphatic rings. The fraction of sp³-hybridized carbons (Fsp3) is 0.923. The molecule has 7 heteroatoms. The molecule has 1 saturated heterocycles. The van der Waals surface area contributed by atoms with Crippen molar-refractivity contribution in [1.29, 1.82) is 0 Å². The topological polar surface area (TPSA) is 92.5 Å². The molecular weight excluding hydrogens is 278 g/mol. The van der Waals surface area contributed by atoms with Crippen LogP contribution in [0.3, 0.4) is 0 Å². The van der Waals surface area contributed by atoms with Crippen molar-refractivity contribution in [2.45, 2.75) is 31.7 Å². The first-order valence-electron chi connectivity index (χ1n) is 7.41. The van der Waals surface area contributed by atoms with E-state index in [1.807, 2.05) is 0 Å². The van der Waals surface area contributed by atoms with Crippen LogP contribution in [0.1, 0.15) is 25.7 Å².